The quantitative estimate of drug-likeness (QED) is 0.754. The molecule has 0 unspecified atom stereocenters. The van der Waals surface area contributed by atoms with Gasteiger partial charge in [0.2, 0.25) is 5.91 Å². The molecule has 3 nitrogen and oxygen atoms in total. The van der Waals surface area contributed by atoms with Crippen molar-refractivity contribution >= 4 is 5.91 Å². The van der Waals surface area contributed by atoms with Crippen molar-refractivity contribution in [3.05, 3.63) is 0 Å². The van der Waals surface area contributed by atoms with E-state index in [4.69, 9.17) is 4.74 Å². The zero-order chi connectivity index (χ0) is 12.1. The summed E-state index contributed by atoms with van der Waals surface area (Å²) in [6.45, 7) is 4.81. The Morgan fingerprint density at radius 3 is 2.41 bits per heavy atom. The summed E-state index contributed by atoms with van der Waals surface area (Å²) in [6.07, 6.45) is 8.33. The van der Waals surface area contributed by atoms with Gasteiger partial charge in [-0.05, 0) is 38.5 Å². The Morgan fingerprint density at radius 2 is 1.82 bits per heavy atom. The van der Waals surface area contributed by atoms with E-state index in [9.17, 15) is 4.79 Å². The van der Waals surface area contributed by atoms with Gasteiger partial charge in [-0.2, -0.15) is 0 Å². The fourth-order valence-electron chi connectivity index (χ4n) is 2.91. The highest BCUT2D eigenvalue weighted by atomic mass is 16.5. The minimum atomic E-state index is 0.381. The van der Waals surface area contributed by atoms with Crippen LogP contribution in [0.3, 0.4) is 0 Å². The minimum Gasteiger partial charge on any atom is -0.378 e. The van der Waals surface area contributed by atoms with Gasteiger partial charge in [-0.25, -0.2) is 0 Å². The lowest BCUT2D eigenvalue weighted by atomic mass is 9.79. The number of nitrogens with zero attached hydrogens (tertiary/aromatic N) is 1. The second-order valence-electron chi connectivity index (χ2n) is 5.41. The largest absolute Gasteiger partial charge is 0.378 e. The molecule has 0 aromatic rings. The number of likely N-dealkylation sites (tertiary alicyclic amines) is 1. The number of hydrogen-bond acceptors (Lipinski definition) is 2. The van der Waals surface area contributed by atoms with Crippen molar-refractivity contribution < 1.29 is 9.53 Å². The molecule has 2 rings (SSSR count). The van der Waals surface area contributed by atoms with Gasteiger partial charge in [0.1, 0.15) is 0 Å². The first-order valence-corrected chi connectivity index (χ1v) is 7.19. The molecule has 1 aliphatic heterocycles. The maximum atomic E-state index is 12.1. The molecule has 1 saturated carbocycles. The summed E-state index contributed by atoms with van der Waals surface area (Å²) in [6, 6.07) is 0. The number of rotatable bonds is 4. The third-order valence-corrected chi connectivity index (χ3v) is 4.02. The van der Waals surface area contributed by atoms with E-state index in [1.54, 1.807) is 0 Å². The first-order chi connectivity index (χ1) is 8.29. The third-order valence-electron chi connectivity index (χ3n) is 4.02. The van der Waals surface area contributed by atoms with E-state index in [1.165, 1.54) is 25.7 Å². The average molecular weight is 239 g/mol. The highest BCUT2D eigenvalue weighted by molar-refractivity contribution is 5.76. The molecule has 1 aliphatic carbocycles. The van der Waals surface area contributed by atoms with Crippen LogP contribution < -0.4 is 0 Å². The first-order valence-electron chi connectivity index (χ1n) is 7.19. The van der Waals surface area contributed by atoms with Crippen LogP contribution in [-0.4, -0.2) is 36.6 Å². The van der Waals surface area contributed by atoms with Gasteiger partial charge in [-0.3, -0.25) is 4.79 Å². The van der Waals surface area contributed by atoms with Gasteiger partial charge in [-0.15, -0.1) is 0 Å². The zero-order valence-corrected chi connectivity index (χ0v) is 11.0. The smallest absolute Gasteiger partial charge is 0.222 e. The fraction of sp³-hybridized carbons (Fsp3) is 0.929. The summed E-state index contributed by atoms with van der Waals surface area (Å²) in [5.41, 5.74) is 0. The summed E-state index contributed by atoms with van der Waals surface area (Å²) in [7, 11) is 0. The number of carbonyl (C=O) groups is 1. The maximum Gasteiger partial charge on any atom is 0.222 e. The monoisotopic (exact) mass is 239 g/mol. The van der Waals surface area contributed by atoms with Gasteiger partial charge in [0.25, 0.3) is 0 Å². The summed E-state index contributed by atoms with van der Waals surface area (Å²) in [5, 5.41) is 0. The predicted molar refractivity (Wildman–Crippen MR) is 67.8 cm³/mol. The van der Waals surface area contributed by atoms with Crippen molar-refractivity contribution in [2.75, 3.05) is 19.7 Å². The number of ether oxygens (including phenoxy) is 1. The summed E-state index contributed by atoms with van der Waals surface area (Å²) < 4.78 is 5.53. The standard InChI is InChI=1S/C14H25NO2/c1-2-17-13-9-12(10-13)11-14(16)15-7-5-3-4-6-8-15/h12-13H,2-11H2,1H3. The molecule has 0 atom stereocenters. The topological polar surface area (TPSA) is 29.5 Å². The molecule has 0 spiro atoms. The van der Waals surface area contributed by atoms with E-state index in [0.717, 1.165) is 39.0 Å². The van der Waals surface area contributed by atoms with Gasteiger partial charge in [-0.1, -0.05) is 12.8 Å². The van der Waals surface area contributed by atoms with Gasteiger partial charge in [0.05, 0.1) is 6.10 Å². The van der Waals surface area contributed by atoms with E-state index >= 15 is 0 Å². The Labute approximate surface area is 105 Å². The fourth-order valence-corrected chi connectivity index (χ4v) is 2.91. The molecule has 3 heteroatoms. The molecule has 0 N–H and O–H groups in total. The van der Waals surface area contributed by atoms with Gasteiger partial charge >= 0.3 is 0 Å². The lowest BCUT2D eigenvalue weighted by Gasteiger charge is -2.35. The van der Waals surface area contributed by atoms with Crippen LogP contribution in [0.4, 0.5) is 0 Å². The van der Waals surface area contributed by atoms with Gasteiger partial charge in [0.15, 0.2) is 0 Å². The molecule has 2 aliphatic rings. The van der Waals surface area contributed by atoms with Crippen molar-refractivity contribution in [1.29, 1.82) is 0 Å². The molecule has 0 bridgehead atoms. The molecule has 17 heavy (non-hydrogen) atoms. The lowest BCUT2D eigenvalue weighted by Crippen LogP contribution is -2.38. The van der Waals surface area contributed by atoms with Crippen molar-refractivity contribution in [2.24, 2.45) is 5.92 Å². The van der Waals surface area contributed by atoms with Crippen LogP contribution in [0.15, 0.2) is 0 Å². The predicted octanol–water partition coefficient (Wildman–Crippen LogP) is 2.59. The normalized spacial score (nSPS) is 29.6. The highest BCUT2D eigenvalue weighted by Gasteiger charge is 2.32. The molecule has 1 heterocycles. The summed E-state index contributed by atoms with van der Waals surface area (Å²) in [4.78, 5) is 14.2. The van der Waals surface area contributed by atoms with Crippen LogP contribution in [0.5, 0.6) is 0 Å². The van der Waals surface area contributed by atoms with Gasteiger partial charge < -0.3 is 9.64 Å². The lowest BCUT2D eigenvalue weighted by molar-refractivity contribution is -0.134. The Hall–Kier alpha value is -0.570. The average Bonchev–Trinajstić information content (AvgIpc) is 2.54. The van der Waals surface area contributed by atoms with Crippen molar-refractivity contribution in [3.63, 3.8) is 0 Å². The molecule has 0 aromatic heterocycles. The Morgan fingerprint density at radius 1 is 1.18 bits per heavy atom. The number of hydrogen-bond donors (Lipinski definition) is 0. The molecule has 0 aromatic carbocycles. The molecular formula is C14H25NO2. The molecule has 0 radical (unpaired) electrons. The van der Waals surface area contributed by atoms with Crippen molar-refractivity contribution in [2.45, 2.75) is 58.0 Å². The second kappa shape index (κ2) is 6.39. The van der Waals surface area contributed by atoms with Crippen LogP contribution >= 0.6 is 0 Å². The number of amides is 1. The van der Waals surface area contributed by atoms with Crippen LogP contribution in [0.1, 0.15) is 51.9 Å². The second-order valence-corrected chi connectivity index (χ2v) is 5.41. The highest BCUT2D eigenvalue weighted by Crippen LogP contribution is 2.33. The van der Waals surface area contributed by atoms with E-state index in [0.29, 0.717) is 17.9 Å². The van der Waals surface area contributed by atoms with Gasteiger partial charge in [0, 0.05) is 26.1 Å². The van der Waals surface area contributed by atoms with Crippen LogP contribution in [0.2, 0.25) is 0 Å². The van der Waals surface area contributed by atoms with E-state index in [2.05, 4.69) is 4.90 Å². The summed E-state index contributed by atoms with van der Waals surface area (Å²) in [5.74, 6) is 0.967. The molecule has 1 saturated heterocycles. The first kappa shape index (κ1) is 12.9. The minimum absolute atomic E-state index is 0.381. The SMILES string of the molecule is CCOC1CC(CC(=O)N2CCCCCC2)C1. The molecule has 98 valence electrons. The summed E-state index contributed by atoms with van der Waals surface area (Å²) >= 11 is 0. The molecule has 2 fully saturated rings. The molecule has 1 amide bonds. The van der Waals surface area contributed by atoms with Crippen molar-refractivity contribution in [1.82, 2.24) is 4.90 Å². The number of carbonyl (C=O) groups excluding carboxylic acids is 1. The zero-order valence-electron chi connectivity index (χ0n) is 11.0. The van der Waals surface area contributed by atoms with E-state index < -0.39 is 0 Å². The Balaban J connectivity index is 1.67. The van der Waals surface area contributed by atoms with Crippen molar-refractivity contribution in [3.8, 4) is 0 Å². The third kappa shape index (κ3) is 3.70. The van der Waals surface area contributed by atoms with Crippen LogP contribution in [-0.2, 0) is 9.53 Å². The van der Waals surface area contributed by atoms with E-state index in [-0.39, 0.29) is 0 Å². The van der Waals surface area contributed by atoms with Crippen LogP contribution in [0.25, 0.3) is 0 Å². The maximum absolute atomic E-state index is 12.1. The molecular weight excluding hydrogens is 214 g/mol. The van der Waals surface area contributed by atoms with Crippen LogP contribution in [0, 0.1) is 5.92 Å². The Kier molecular flexibility index (Phi) is 4.84. The van der Waals surface area contributed by atoms with E-state index in [1.807, 2.05) is 6.92 Å². The Bertz CT molecular complexity index is 241.